The van der Waals surface area contributed by atoms with Crippen LogP contribution in [-0.4, -0.2) is 15.0 Å². The fourth-order valence-electron chi connectivity index (χ4n) is 2.64. The fourth-order valence-corrected chi connectivity index (χ4v) is 2.64. The Morgan fingerprint density at radius 1 is 0.923 bits per heavy atom. The number of halogens is 1. The van der Waals surface area contributed by atoms with E-state index in [0.29, 0.717) is 16.8 Å². The van der Waals surface area contributed by atoms with Crippen molar-refractivity contribution in [3.63, 3.8) is 0 Å². The van der Waals surface area contributed by atoms with Crippen LogP contribution in [0.3, 0.4) is 0 Å². The van der Waals surface area contributed by atoms with Crippen LogP contribution in [0.5, 0.6) is 11.6 Å². The molecule has 0 unspecified atom stereocenters. The summed E-state index contributed by atoms with van der Waals surface area (Å²) in [6.45, 7) is 0. The van der Waals surface area contributed by atoms with Crippen LogP contribution in [0, 0.1) is 5.82 Å². The lowest BCUT2D eigenvalue weighted by molar-refractivity contribution is 0.463. The highest BCUT2D eigenvalue weighted by Gasteiger charge is 2.13. The summed E-state index contributed by atoms with van der Waals surface area (Å²) >= 11 is 0. The predicted octanol–water partition coefficient (Wildman–Crippen LogP) is 3.21. The largest absolute Gasteiger partial charge is 0.439 e. The Morgan fingerprint density at radius 2 is 1.65 bits per heavy atom. The van der Waals surface area contributed by atoms with Crippen LogP contribution in [0.25, 0.3) is 22.2 Å². The molecule has 4 aromatic rings. The molecule has 6 nitrogen and oxygen atoms in total. The van der Waals surface area contributed by atoms with Gasteiger partial charge in [0.15, 0.2) is 5.52 Å². The topological polar surface area (TPSA) is 87.8 Å². The van der Waals surface area contributed by atoms with Crippen LogP contribution >= 0.6 is 0 Å². The number of nitrogens with one attached hydrogen (secondary N) is 2. The number of aromatic nitrogens is 3. The van der Waals surface area contributed by atoms with Gasteiger partial charge in [0.1, 0.15) is 11.6 Å². The second-order valence-corrected chi connectivity index (χ2v) is 5.56. The zero-order valence-electron chi connectivity index (χ0n) is 13.3. The van der Waals surface area contributed by atoms with Crippen LogP contribution in [-0.2, 0) is 0 Å². The summed E-state index contributed by atoms with van der Waals surface area (Å²) in [7, 11) is 0. The predicted molar refractivity (Wildman–Crippen MR) is 94.9 cm³/mol. The van der Waals surface area contributed by atoms with E-state index in [9.17, 15) is 14.0 Å². The molecule has 0 aliphatic heterocycles. The van der Waals surface area contributed by atoms with Gasteiger partial charge in [0.05, 0.1) is 5.52 Å². The highest BCUT2D eigenvalue weighted by molar-refractivity contribution is 5.91. The number of fused-ring (bicyclic) bond motifs is 1. The third kappa shape index (κ3) is 2.98. The molecule has 26 heavy (non-hydrogen) atoms. The molecule has 2 aromatic heterocycles. The van der Waals surface area contributed by atoms with E-state index in [-0.39, 0.29) is 17.2 Å². The smallest absolute Gasteiger partial charge is 0.326 e. The average Bonchev–Trinajstić information content (AvgIpc) is 2.64. The lowest BCUT2D eigenvalue weighted by Gasteiger charge is -2.10. The van der Waals surface area contributed by atoms with Gasteiger partial charge in [-0.05, 0) is 29.8 Å². The first-order chi connectivity index (χ1) is 12.6. The highest BCUT2D eigenvalue weighted by atomic mass is 19.1. The van der Waals surface area contributed by atoms with Gasteiger partial charge < -0.3 is 9.72 Å². The molecule has 2 heterocycles. The van der Waals surface area contributed by atoms with Crippen molar-refractivity contribution in [3.8, 4) is 22.8 Å². The molecular formula is C19H12FN3O3. The number of benzene rings is 2. The molecule has 0 saturated heterocycles. The Kier molecular flexibility index (Phi) is 3.81. The lowest BCUT2D eigenvalue weighted by Crippen LogP contribution is -2.23. The molecule has 2 aromatic carbocycles. The quantitative estimate of drug-likeness (QED) is 0.594. The third-order valence-corrected chi connectivity index (χ3v) is 3.80. The molecule has 0 spiro atoms. The van der Waals surface area contributed by atoms with Gasteiger partial charge >= 0.3 is 5.69 Å². The number of aromatic amines is 2. The molecule has 0 atom stereocenters. The first-order valence-electron chi connectivity index (χ1n) is 7.76. The highest BCUT2D eigenvalue weighted by Crippen LogP contribution is 2.30. The number of H-pyrrole nitrogens is 2. The van der Waals surface area contributed by atoms with Crippen molar-refractivity contribution in [1.82, 2.24) is 15.0 Å². The van der Waals surface area contributed by atoms with E-state index in [4.69, 9.17) is 4.74 Å². The minimum Gasteiger partial charge on any atom is -0.439 e. The van der Waals surface area contributed by atoms with E-state index < -0.39 is 11.2 Å². The molecule has 0 aliphatic rings. The van der Waals surface area contributed by atoms with Gasteiger partial charge in [-0.2, -0.15) is 0 Å². The van der Waals surface area contributed by atoms with Gasteiger partial charge in [-0.1, -0.05) is 30.3 Å². The van der Waals surface area contributed by atoms with E-state index in [2.05, 4.69) is 15.0 Å². The summed E-state index contributed by atoms with van der Waals surface area (Å²) in [5, 5.41) is 0. The number of rotatable bonds is 3. The van der Waals surface area contributed by atoms with Crippen LogP contribution < -0.4 is 16.0 Å². The molecule has 0 amide bonds. The Balaban J connectivity index is 1.94. The Hall–Kier alpha value is -3.74. The first-order valence-corrected chi connectivity index (χ1v) is 7.76. The van der Waals surface area contributed by atoms with E-state index in [1.54, 1.807) is 6.07 Å². The second-order valence-electron chi connectivity index (χ2n) is 5.56. The minimum absolute atomic E-state index is 0.0445. The van der Waals surface area contributed by atoms with E-state index in [0.717, 1.165) is 5.56 Å². The molecule has 0 bridgehead atoms. The molecule has 128 valence electrons. The Bertz CT molecular complexity index is 1200. The molecule has 0 aliphatic carbocycles. The summed E-state index contributed by atoms with van der Waals surface area (Å²) in [6.07, 6.45) is 0. The molecular weight excluding hydrogens is 337 g/mol. The Morgan fingerprint density at radius 3 is 2.38 bits per heavy atom. The Labute approximate surface area is 145 Å². The molecule has 0 radical (unpaired) electrons. The van der Waals surface area contributed by atoms with E-state index >= 15 is 0 Å². The third-order valence-electron chi connectivity index (χ3n) is 3.80. The van der Waals surface area contributed by atoms with Gasteiger partial charge in [0, 0.05) is 11.6 Å². The second kappa shape index (κ2) is 6.29. The number of hydrogen-bond donors (Lipinski definition) is 2. The summed E-state index contributed by atoms with van der Waals surface area (Å²) in [6, 6.07) is 16.3. The molecule has 0 saturated carbocycles. The maximum atomic E-state index is 13.1. The maximum Gasteiger partial charge on any atom is 0.326 e. The zero-order chi connectivity index (χ0) is 18.1. The average molecular weight is 349 g/mol. The first kappa shape index (κ1) is 15.8. The van der Waals surface area contributed by atoms with Gasteiger partial charge in [0.25, 0.3) is 5.56 Å². The van der Waals surface area contributed by atoms with Crippen molar-refractivity contribution in [2.45, 2.75) is 0 Å². The van der Waals surface area contributed by atoms with Gasteiger partial charge in [-0.25, -0.2) is 14.2 Å². The summed E-state index contributed by atoms with van der Waals surface area (Å²) in [5.74, 6) is 0.140. The van der Waals surface area contributed by atoms with Crippen molar-refractivity contribution < 1.29 is 9.13 Å². The van der Waals surface area contributed by atoms with Crippen molar-refractivity contribution in [2.24, 2.45) is 0 Å². The summed E-state index contributed by atoms with van der Waals surface area (Å²) in [5.41, 5.74) is 0.500. The van der Waals surface area contributed by atoms with Crippen molar-refractivity contribution in [1.29, 1.82) is 0 Å². The summed E-state index contributed by atoms with van der Waals surface area (Å²) < 4.78 is 18.7. The van der Waals surface area contributed by atoms with Crippen molar-refractivity contribution >= 4 is 11.0 Å². The standard InChI is InChI=1S/C19H12FN3O3/c20-12-6-8-13(9-7-12)26-15-10-14(11-4-2-1-3-5-11)16-17(21-15)18(24)23-19(25)22-16/h1-10H,(H2,22,23,24,25). The number of nitrogens with zero attached hydrogens (tertiary/aromatic N) is 1. The van der Waals surface area contributed by atoms with Crippen LogP contribution in [0.15, 0.2) is 70.3 Å². The van der Waals surface area contributed by atoms with E-state index in [1.165, 1.54) is 24.3 Å². The number of ether oxygens (including phenoxy) is 1. The normalized spacial score (nSPS) is 10.8. The van der Waals surface area contributed by atoms with Crippen LogP contribution in [0.4, 0.5) is 4.39 Å². The number of hydrogen-bond acceptors (Lipinski definition) is 4. The summed E-state index contributed by atoms with van der Waals surface area (Å²) in [4.78, 5) is 32.8. The van der Waals surface area contributed by atoms with Crippen molar-refractivity contribution in [2.75, 3.05) is 0 Å². The molecule has 4 rings (SSSR count). The van der Waals surface area contributed by atoms with Crippen LogP contribution in [0.1, 0.15) is 0 Å². The number of pyridine rings is 1. The SMILES string of the molecule is O=c1[nH]c(=O)c2nc(Oc3ccc(F)cc3)cc(-c3ccccc3)c2[nH]1. The van der Waals surface area contributed by atoms with E-state index in [1.807, 2.05) is 30.3 Å². The minimum atomic E-state index is -0.620. The fraction of sp³-hybridized carbons (Fsp3) is 0. The monoisotopic (exact) mass is 349 g/mol. The molecule has 0 fully saturated rings. The molecule has 7 heteroatoms. The van der Waals surface area contributed by atoms with Gasteiger partial charge in [0.2, 0.25) is 5.88 Å². The van der Waals surface area contributed by atoms with Gasteiger partial charge in [-0.15, -0.1) is 0 Å². The van der Waals surface area contributed by atoms with Gasteiger partial charge in [-0.3, -0.25) is 9.78 Å². The van der Waals surface area contributed by atoms with Crippen molar-refractivity contribution in [3.05, 3.63) is 87.3 Å². The van der Waals surface area contributed by atoms with Crippen LogP contribution in [0.2, 0.25) is 0 Å². The lowest BCUT2D eigenvalue weighted by atomic mass is 10.1. The maximum absolute atomic E-state index is 13.1. The molecule has 2 N–H and O–H groups in total. The zero-order valence-corrected chi connectivity index (χ0v) is 13.3.